The Balaban J connectivity index is 1.35. The van der Waals surface area contributed by atoms with E-state index in [1.165, 1.54) is 49.1 Å². The second-order valence-electron chi connectivity index (χ2n) is 11.9. The van der Waals surface area contributed by atoms with Crippen LogP contribution >= 0.6 is 11.3 Å². The molecule has 0 radical (unpaired) electrons. The minimum atomic E-state index is -3.54. The summed E-state index contributed by atoms with van der Waals surface area (Å²) in [6.45, 7) is 3.67. The molecule has 15 nitrogen and oxygen atoms in total. The molecule has 0 unspecified atom stereocenters. The zero-order valence-corrected chi connectivity index (χ0v) is 27.0. The van der Waals surface area contributed by atoms with Gasteiger partial charge in [-0.15, -0.1) is 11.3 Å². The number of methoxy groups -OCH3 is 1. The van der Waals surface area contributed by atoms with Gasteiger partial charge in [-0.3, -0.25) is 19.7 Å². The minimum absolute atomic E-state index is 0.0651. The molecule has 0 spiro atoms. The van der Waals surface area contributed by atoms with Crippen molar-refractivity contribution in [2.45, 2.75) is 57.1 Å². The average molecular weight is 671 g/mol. The summed E-state index contributed by atoms with van der Waals surface area (Å²) in [6.07, 6.45) is 6.36. The number of allylic oxidation sites excluding steroid dienone is 1. The van der Waals surface area contributed by atoms with Gasteiger partial charge in [0.15, 0.2) is 5.75 Å². The van der Waals surface area contributed by atoms with Gasteiger partial charge in [0, 0.05) is 31.1 Å². The van der Waals surface area contributed by atoms with E-state index in [4.69, 9.17) is 16.2 Å². The number of aliphatic hydroxyl groups is 3. The molecule has 1 aliphatic carbocycles. The summed E-state index contributed by atoms with van der Waals surface area (Å²) in [7, 11) is 1.44. The molecule has 2 aromatic rings. The summed E-state index contributed by atoms with van der Waals surface area (Å²) < 4.78 is 5.72. The first-order valence-electron chi connectivity index (χ1n) is 15.6. The number of ether oxygens (including phenoxy) is 1. The topological polar surface area (TPSA) is 229 Å². The molecule has 1 saturated carbocycles. The molecule has 1 aromatic carbocycles. The van der Waals surface area contributed by atoms with E-state index in [2.05, 4.69) is 20.5 Å². The van der Waals surface area contributed by atoms with E-state index >= 15 is 0 Å². The molecule has 47 heavy (non-hydrogen) atoms. The molecule has 3 amide bonds. The third-order valence-electron chi connectivity index (χ3n) is 8.43. The second kappa shape index (κ2) is 14.7. The van der Waals surface area contributed by atoms with Crippen molar-refractivity contribution in [1.29, 1.82) is 0 Å². The minimum Gasteiger partial charge on any atom is -0.494 e. The van der Waals surface area contributed by atoms with Gasteiger partial charge in [-0.05, 0) is 63.7 Å². The fourth-order valence-corrected chi connectivity index (χ4v) is 6.75. The van der Waals surface area contributed by atoms with Crippen molar-refractivity contribution in [1.82, 2.24) is 25.4 Å². The van der Waals surface area contributed by atoms with Crippen LogP contribution in [-0.2, 0) is 9.59 Å². The number of thiazole rings is 1. The Morgan fingerprint density at radius 1 is 1.04 bits per heavy atom. The maximum atomic E-state index is 13.4. The number of piperidine rings is 2. The fourth-order valence-electron chi connectivity index (χ4n) is 5.84. The predicted molar refractivity (Wildman–Crippen MR) is 174 cm³/mol. The largest absolute Gasteiger partial charge is 0.494 e. The number of hydrogen-bond acceptors (Lipinski definition) is 13. The summed E-state index contributed by atoms with van der Waals surface area (Å²) in [6, 6.07) is 5.61. The molecule has 2 aliphatic heterocycles. The van der Waals surface area contributed by atoms with Crippen LogP contribution in [0.5, 0.6) is 5.75 Å². The normalized spacial score (nSPS) is 18.7. The lowest BCUT2D eigenvalue weighted by Crippen LogP contribution is -2.50. The molecular formula is C31H42N8O7S. The number of nitrogens with zero attached hydrogens (tertiary/aromatic N) is 3. The number of benzene rings is 1. The number of rotatable bonds is 11. The van der Waals surface area contributed by atoms with Gasteiger partial charge in [-0.2, -0.15) is 0 Å². The number of nitrogens with one attached hydrogen (secondary N) is 3. The third kappa shape index (κ3) is 8.78. The monoisotopic (exact) mass is 670 g/mol. The standard InChI is InChI=1S/C31H42N8O7S/c1-46-26-20(29-34-17-23(47-29)30(42)39-14-10-19(11-15-39)38-12-3-2-4-13-38)6-5-7-21(26)35-22(25(33)28(41)37-31(43,44)45)16-24(32)36-27(40)18-8-9-18/h5-7,16-19,35,43-45H,2-4,8-15,32-33H2,1H3,(H,36,40)(H,37,41)/b24-16+,25-22+. The Kier molecular flexibility index (Phi) is 10.7. The highest BCUT2D eigenvalue weighted by Gasteiger charge is 2.31. The lowest BCUT2D eigenvalue weighted by Gasteiger charge is -2.40. The molecule has 3 aliphatic rings. The first-order valence-corrected chi connectivity index (χ1v) is 16.5. The van der Waals surface area contributed by atoms with E-state index in [9.17, 15) is 29.7 Å². The summed E-state index contributed by atoms with van der Waals surface area (Å²) in [5.41, 5.74) is 12.2. The van der Waals surface area contributed by atoms with Gasteiger partial charge in [-0.25, -0.2) is 4.98 Å². The van der Waals surface area contributed by atoms with Gasteiger partial charge in [0.1, 0.15) is 21.4 Å². The van der Waals surface area contributed by atoms with Crippen LogP contribution in [-0.4, -0.2) is 93.3 Å². The maximum absolute atomic E-state index is 13.4. The summed E-state index contributed by atoms with van der Waals surface area (Å²) in [5, 5.41) is 35.3. The smallest absolute Gasteiger partial charge is 0.369 e. The summed E-state index contributed by atoms with van der Waals surface area (Å²) in [4.78, 5) is 47.8. The van der Waals surface area contributed by atoms with Crippen molar-refractivity contribution in [2.24, 2.45) is 17.4 Å². The molecule has 1 aromatic heterocycles. The van der Waals surface area contributed by atoms with Crippen LogP contribution < -0.4 is 32.2 Å². The quantitative estimate of drug-likeness (QED) is 0.0930. The Hall–Kier alpha value is -4.22. The van der Waals surface area contributed by atoms with Crippen LogP contribution in [0.25, 0.3) is 10.6 Å². The van der Waals surface area contributed by atoms with Crippen molar-refractivity contribution in [2.75, 3.05) is 38.6 Å². The Morgan fingerprint density at radius 2 is 1.74 bits per heavy atom. The highest BCUT2D eigenvalue weighted by Crippen LogP contribution is 2.39. The van der Waals surface area contributed by atoms with Crippen LogP contribution in [0.15, 0.2) is 47.7 Å². The highest BCUT2D eigenvalue weighted by molar-refractivity contribution is 7.17. The number of hydrogen-bond donors (Lipinski definition) is 8. The fraction of sp³-hybridized carbons (Fsp3) is 0.484. The number of aromatic nitrogens is 1. The van der Waals surface area contributed by atoms with E-state index in [1.807, 2.05) is 4.90 Å². The van der Waals surface area contributed by atoms with Gasteiger partial charge in [0.25, 0.3) is 11.8 Å². The van der Waals surface area contributed by atoms with Crippen molar-refractivity contribution in [3.63, 3.8) is 0 Å². The van der Waals surface area contributed by atoms with Gasteiger partial charge in [0.2, 0.25) is 5.91 Å². The van der Waals surface area contributed by atoms with E-state index in [0.717, 1.165) is 38.8 Å². The van der Waals surface area contributed by atoms with Crippen LogP contribution in [0, 0.1) is 5.92 Å². The molecule has 5 rings (SSSR count). The lowest BCUT2D eigenvalue weighted by molar-refractivity contribution is -0.325. The molecule has 3 heterocycles. The lowest BCUT2D eigenvalue weighted by atomic mass is 10.00. The summed E-state index contributed by atoms with van der Waals surface area (Å²) in [5.74, 6) is -1.60. The number of carbonyl (C=O) groups is 3. The van der Waals surface area contributed by atoms with E-state index in [-0.39, 0.29) is 29.3 Å². The summed E-state index contributed by atoms with van der Waals surface area (Å²) >= 11 is 1.23. The SMILES string of the molecule is COc1c(NC(/C=C(\N)NC(=O)C2CC2)=C(/N)C(=O)NC(O)(O)O)cccc1-c1ncc(C(=O)N2CCC(N3CCCCC3)CC2)s1. The van der Waals surface area contributed by atoms with Gasteiger partial charge in [-0.1, -0.05) is 12.5 Å². The number of carbonyl (C=O) groups excluding carboxylic acids is 3. The number of anilines is 1. The Morgan fingerprint density at radius 3 is 2.38 bits per heavy atom. The first-order chi connectivity index (χ1) is 22.4. The van der Waals surface area contributed by atoms with E-state index in [0.29, 0.717) is 46.0 Å². The van der Waals surface area contributed by atoms with E-state index < -0.39 is 17.7 Å². The maximum Gasteiger partial charge on any atom is 0.369 e. The number of nitrogens with two attached hydrogens (primary N) is 2. The highest BCUT2D eigenvalue weighted by atomic mass is 32.1. The van der Waals surface area contributed by atoms with Gasteiger partial charge < -0.3 is 52.0 Å². The van der Waals surface area contributed by atoms with Crippen molar-refractivity contribution >= 4 is 34.7 Å². The first kappa shape index (κ1) is 34.1. The molecule has 0 bridgehead atoms. The van der Waals surface area contributed by atoms with Crippen molar-refractivity contribution in [3.8, 4) is 16.3 Å². The zero-order chi connectivity index (χ0) is 33.7. The van der Waals surface area contributed by atoms with Crippen LogP contribution in [0.3, 0.4) is 0 Å². The molecule has 16 heteroatoms. The van der Waals surface area contributed by atoms with Crippen molar-refractivity contribution < 1.29 is 34.4 Å². The van der Waals surface area contributed by atoms with Crippen molar-refractivity contribution in [3.05, 3.63) is 52.6 Å². The van der Waals surface area contributed by atoms with Gasteiger partial charge >= 0.3 is 6.10 Å². The molecule has 254 valence electrons. The predicted octanol–water partition coefficient (Wildman–Crippen LogP) is 0.522. The zero-order valence-electron chi connectivity index (χ0n) is 26.2. The number of likely N-dealkylation sites (tertiary alicyclic amines) is 2. The number of para-hydroxylation sites is 1. The van der Waals surface area contributed by atoms with Gasteiger partial charge in [0.05, 0.1) is 30.3 Å². The molecule has 10 N–H and O–H groups in total. The van der Waals surface area contributed by atoms with Crippen LogP contribution in [0.1, 0.15) is 54.6 Å². The Labute approximate surface area is 276 Å². The Bertz CT molecular complexity index is 1530. The molecule has 3 fully saturated rings. The molecular weight excluding hydrogens is 628 g/mol. The third-order valence-corrected chi connectivity index (χ3v) is 9.44. The number of amides is 3. The molecule has 0 atom stereocenters. The van der Waals surface area contributed by atoms with Crippen LogP contribution in [0.4, 0.5) is 5.69 Å². The average Bonchev–Trinajstić information content (AvgIpc) is 3.80. The second-order valence-corrected chi connectivity index (χ2v) is 13.0. The molecule has 2 saturated heterocycles. The van der Waals surface area contributed by atoms with Crippen LogP contribution in [0.2, 0.25) is 0 Å². The van der Waals surface area contributed by atoms with E-state index in [1.54, 1.807) is 24.4 Å².